The number of rotatable bonds is 5. The first-order chi connectivity index (χ1) is 15.4. The number of benzene rings is 2. The third-order valence-corrected chi connectivity index (χ3v) is 5.18. The van der Waals surface area contributed by atoms with Crippen LogP contribution >= 0.6 is 0 Å². The highest BCUT2D eigenvalue weighted by molar-refractivity contribution is 6.09. The number of fused-ring (bicyclic) bond motifs is 1. The van der Waals surface area contributed by atoms with Gasteiger partial charge in [0.2, 0.25) is 0 Å². The number of hydrogen-bond acceptors (Lipinski definition) is 6. The maximum absolute atomic E-state index is 12.8. The lowest BCUT2D eigenvalue weighted by Crippen LogP contribution is -2.22. The van der Waals surface area contributed by atoms with Gasteiger partial charge in [0.25, 0.3) is 17.5 Å². The standard InChI is InChI=1S/C23H20N4O5/c1-14-20-18(25-26-22(28)15-7-3-2-4-8-15)11-6-12-19(20)32-21(14)23(29)24-16-9-5-10-17(13-16)27(30)31/h2-5,7-10,13H,6,11-12H2,1H3,(H,24,29)(H,26,28)/b25-18+. The van der Waals surface area contributed by atoms with Crippen LogP contribution < -0.4 is 10.7 Å². The number of aryl methyl sites for hydroxylation is 1. The molecule has 0 spiro atoms. The van der Waals surface area contributed by atoms with Crippen molar-refractivity contribution in [2.24, 2.45) is 5.10 Å². The van der Waals surface area contributed by atoms with Gasteiger partial charge in [-0.1, -0.05) is 24.3 Å². The molecular weight excluding hydrogens is 412 g/mol. The number of carbonyl (C=O) groups excluding carboxylic acids is 2. The van der Waals surface area contributed by atoms with E-state index >= 15 is 0 Å². The van der Waals surface area contributed by atoms with E-state index in [0.717, 1.165) is 6.42 Å². The minimum absolute atomic E-state index is 0.116. The Labute approximate surface area is 183 Å². The number of hydrazone groups is 1. The smallest absolute Gasteiger partial charge is 0.291 e. The zero-order chi connectivity index (χ0) is 22.7. The van der Waals surface area contributed by atoms with Gasteiger partial charge in [-0.25, -0.2) is 5.43 Å². The highest BCUT2D eigenvalue weighted by Crippen LogP contribution is 2.30. The average Bonchev–Trinajstić information content (AvgIpc) is 3.15. The van der Waals surface area contributed by atoms with Crippen LogP contribution in [0.25, 0.3) is 0 Å². The summed E-state index contributed by atoms with van der Waals surface area (Å²) in [6.45, 7) is 1.75. The fourth-order valence-corrected chi connectivity index (χ4v) is 3.65. The molecule has 0 unspecified atom stereocenters. The number of non-ortho nitro benzene ring substituents is 1. The van der Waals surface area contributed by atoms with Gasteiger partial charge in [-0.2, -0.15) is 5.10 Å². The predicted molar refractivity (Wildman–Crippen MR) is 118 cm³/mol. The minimum atomic E-state index is -0.529. The van der Waals surface area contributed by atoms with Gasteiger partial charge in [-0.3, -0.25) is 19.7 Å². The Morgan fingerprint density at radius 1 is 1.06 bits per heavy atom. The van der Waals surface area contributed by atoms with Crippen molar-refractivity contribution in [3.8, 4) is 0 Å². The van der Waals surface area contributed by atoms with Gasteiger partial charge in [-0.05, 0) is 38.0 Å². The van der Waals surface area contributed by atoms with Crippen molar-refractivity contribution in [3.05, 3.63) is 92.9 Å². The first kappa shape index (κ1) is 21.0. The zero-order valence-corrected chi connectivity index (χ0v) is 17.3. The molecule has 9 heteroatoms. The fourth-order valence-electron chi connectivity index (χ4n) is 3.65. The Hall–Kier alpha value is -4.27. The Balaban J connectivity index is 1.56. The van der Waals surface area contributed by atoms with E-state index < -0.39 is 10.8 Å². The third kappa shape index (κ3) is 4.27. The zero-order valence-electron chi connectivity index (χ0n) is 17.3. The van der Waals surface area contributed by atoms with Crippen LogP contribution in [0.5, 0.6) is 0 Å². The van der Waals surface area contributed by atoms with Crippen molar-refractivity contribution in [2.75, 3.05) is 5.32 Å². The van der Waals surface area contributed by atoms with E-state index in [-0.39, 0.29) is 17.4 Å². The summed E-state index contributed by atoms with van der Waals surface area (Å²) < 4.78 is 5.83. The summed E-state index contributed by atoms with van der Waals surface area (Å²) in [4.78, 5) is 35.6. The molecule has 3 aromatic rings. The van der Waals surface area contributed by atoms with E-state index in [1.807, 2.05) is 6.07 Å². The van der Waals surface area contributed by atoms with Crippen LogP contribution in [-0.4, -0.2) is 22.4 Å². The molecule has 0 fully saturated rings. The molecule has 0 saturated heterocycles. The first-order valence-electron chi connectivity index (χ1n) is 10.0. The lowest BCUT2D eigenvalue weighted by Gasteiger charge is -2.13. The monoisotopic (exact) mass is 432 g/mol. The van der Waals surface area contributed by atoms with Crippen LogP contribution in [0.3, 0.4) is 0 Å². The maximum Gasteiger partial charge on any atom is 0.291 e. The van der Waals surface area contributed by atoms with E-state index in [2.05, 4.69) is 15.8 Å². The summed E-state index contributed by atoms with van der Waals surface area (Å²) >= 11 is 0. The molecule has 1 aromatic heterocycles. The second-order valence-corrected chi connectivity index (χ2v) is 7.33. The van der Waals surface area contributed by atoms with Crippen molar-refractivity contribution in [1.82, 2.24) is 5.43 Å². The van der Waals surface area contributed by atoms with Crippen molar-refractivity contribution in [2.45, 2.75) is 26.2 Å². The van der Waals surface area contributed by atoms with E-state index in [1.165, 1.54) is 18.2 Å². The number of hydrogen-bond donors (Lipinski definition) is 2. The van der Waals surface area contributed by atoms with Gasteiger partial charge in [-0.15, -0.1) is 0 Å². The van der Waals surface area contributed by atoms with Crippen molar-refractivity contribution < 1.29 is 18.9 Å². The van der Waals surface area contributed by atoms with Crippen LogP contribution in [0.4, 0.5) is 11.4 Å². The molecule has 0 radical (unpaired) electrons. The molecule has 9 nitrogen and oxygen atoms in total. The summed E-state index contributed by atoms with van der Waals surface area (Å²) in [5, 5.41) is 17.9. The number of furan rings is 1. The Morgan fingerprint density at radius 2 is 1.84 bits per heavy atom. The maximum atomic E-state index is 12.8. The van der Waals surface area contributed by atoms with Crippen molar-refractivity contribution in [3.63, 3.8) is 0 Å². The summed E-state index contributed by atoms with van der Waals surface area (Å²) in [7, 11) is 0. The van der Waals surface area contributed by atoms with Crippen LogP contribution in [0.15, 0.2) is 64.1 Å². The molecule has 2 amide bonds. The number of carbonyl (C=O) groups is 2. The average molecular weight is 432 g/mol. The van der Waals surface area contributed by atoms with Crippen LogP contribution in [0.1, 0.15) is 50.6 Å². The van der Waals surface area contributed by atoms with Gasteiger partial charge in [0, 0.05) is 40.9 Å². The molecule has 1 heterocycles. The Bertz CT molecular complexity index is 1230. The van der Waals surface area contributed by atoms with Gasteiger partial charge in [0.05, 0.1) is 10.6 Å². The minimum Gasteiger partial charge on any atom is -0.455 e. The molecule has 2 aromatic carbocycles. The number of nitro groups is 1. The molecule has 0 saturated carbocycles. The van der Waals surface area contributed by atoms with Gasteiger partial charge >= 0.3 is 0 Å². The first-order valence-corrected chi connectivity index (χ1v) is 10.0. The summed E-state index contributed by atoms with van der Waals surface area (Å²) in [6.07, 6.45) is 2.05. The Morgan fingerprint density at radius 3 is 2.59 bits per heavy atom. The summed E-state index contributed by atoms with van der Waals surface area (Å²) in [6, 6.07) is 14.4. The topological polar surface area (TPSA) is 127 Å². The highest BCUT2D eigenvalue weighted by atomic mass is 16.6. The van der Waals surface area contributed by atoms with Gasteiger partial charge in [0.15, 0.2) is 5.76 Å². The van der Waals surface area contributed by atoms with Crippen LogP contribution in [0, 0.1) is 17.0 Å². The lowest BCUT2D eigenvalue weighted by atomic mass is 9.93. The molecule has 0 aliphatic heterocycles. The van der Waals surface area contributed by atoms with E-state index in [4.69, 9.17) is 4.42 Å². The molecule has 1 aliphatic carbocycles. The van der Waals surface area contributed by atoms with Crippen molar-refractivity contribution in [1.29, 1.82) is 0 Å². The van der Waals surface area contributed by atoms with Gasteiger partial charge < -0.3 is 9.73 Å². The SMILES string of the molecule is Cc1c(C(=O)Nc2cccc([N+](=O)[O-])c2)oc2c1/C(=N/NC(=O)c1ccccc1)CCC2. The Kier molecular flexibility index (Phi) is 5.80. The number of nitro benzene ring substituents is 1. The second-order valence-electron chi connectivity index (χ2n) is 7.33. The normalized spacial score (nSPS) is 14.0. The molecule has 162 valence electrons. The van der Waals surface area contributed by atoms with Crippen molar-refractivity contribution >= 4 is 28.9 Å². The fraction of sp³-hybridized carbons (Fsp3) is 0.174. The van der Waals surface area contributed by atoms with Crippen LogP contribution in [-0.2, 0) is 6.42 Å². The van der Waals surface area contributed by atoms with E-state index in [9.17, 15) is 19.7 Å². The molecule has 4 rings (SSSR count). The summed E-state index contributed by atoms with van der Waals surface area (Å²) in [5.41, 5.74) is 5.21. The number of anilines is 1. The molecule has 1 aliphatic rings. The highest BCUT2D eigenvalue weighted by Gasteiger charge is 2.28. The predicted octanol–water partition coefficient (Wildman–Crippen LogP) is 4.22. The molecule has 0 atom stereocenters. The number of nitrogens with one attached hydrogen (secondary N) is 2. The van der Waals surface area contributed by atoms with E-state index in [0.29, 0.717) is 46.7 Å². The van der Waals surface area contributed by atoms with Gasteiger partial charge in [0.1, 0.15) is 5.76 Å². The summed E-state index contributed by atoms with van der Waals surface area (Å²) in [5.74, 6) is -0.0868. The van der Waals surface area contributed by atoms with E-state index in [1.54, 1.807) is 37.3 Å². The molecule has 32 heavy (non-hydrogen) atoms. The van der Waals surface area contributed by atoms with Crippen LogP contribution in [0.2, 0.25) is 0 Å². The number of amides is 2. The largest absolute Gasteiger partial charge is 0.455 e. The lowest BCUT2D eigenvalue weighted by molar-refractivity contribution is -0.384. The molecule has 2 N–H and O–H groups in total. The second kappa shape index (κ2) is 8.84. The third-order valence-electron chi connectivity index (χ3n) is 5.18. The quantitative estimate of drug-likeness (QED) is 0.461. The molecule has 0 bridgehead atoms. The number of nitrogens with zero attached hydrogens (tertiary/aromatic N) is 2. The molecular formula is C23H20N4O5.